The highest BCUT2D eigenvalue weighted by Gasteiger charge is 2.31. The molecule has 0 aromatic heterocycles. The second kappa shape index (κ2) is 5.75. The minimum Gasteiger partial charge on any atom is -0.384 e. The third kappa shape index (κ3) is 2.36. The Labute approximate surface area is 125 Å². The van der Waals surface area contributed by atoms with E-state index in [9.17, 15) is 5.26 Å². The first-order chi connectivity index (χ1) is 10.3. The topological polar surface area (TPSA) is 36.3 Å². The Morgan fingerprint density at radius 1 is 1.24 bits per heavy atom. The molecule has 0 spiro atoms. The van der Waals surface area contributed by atoms with Crippen molar-refractivity contribution in [1.82, 2.24) is 0 Å². The number of methoxy groups -OCH3 is 1. The van der Waals surface area contributed by atoms with Crippen LogP contribution in [0.2, 0.25) is 0 Å². The number of fused-ring (bicyclic) bond motifs is 1. The van der Waals surface area contributed by atoms with Crippen molar-refractivity contribution in [3.8, 4) is 6.07 Å². The zero-order valence-corrected chi connectivity index (χ0v) is 12.5. The maximum Gasteiger partial charge on any atom is 0.0998 e. The van der Waals surface area contributed by atoms with Crippen LogP contribution in [0.3, 0.4) is 0 Å². The summed E-state index contributed by atoms with van der Waals surface area (Å²) in [5, 5.41) is 11.5. The van der Waals surface area contributed by atoms with E-state index in [1.165, 1.54) is 11.1 Å². The molecule has 0 radical (unpaired) electrons. The molecule has 3 nitrogen and oxygen atoms in total. The standard InChI is InChI=1S/C18H20N2O/c1-13-15(12-21-2)9-10-20(13)18-8-7-14(11-19)16-5-3-4-6-17(16)18/h3-8,13,15H,9-10,12H2,1-2H3/t13-,15?/m0/s1. The Bertz CT molecular complexity index is 689. The minimum atomic E-state index is 0.460. The van der Waals surface area contributed by atoms with Crippen LogP contribution in [-0.2, 0) is 4.74 Å². The van der Waals surface area contributed by atoms with E-state index in [1.807, 2.05) is 24.3 Å². The lowest BCUT2D eigenvalue weighted by Crippen LogP contribution is -2.31. The van der Waals surface area contributed by atoms with Crippen molar-refractivity contribution in [2.75, 3.05) is 25.2 Å². The summed E-state index contributed by atoms with van der Waals surface area (Å²) in [4.78, 5) is 2.45. The van der Waals surface area contributed by atoms with E-state index in [0.29, 0.717) is 12.0 Å². The summed E-state index contributed by atoms with van der Waals surface area (Å²) in [6, 6.07) is 15.0. The Morgan fingerprint density at radius 2 is 2.00 bits per heavy atom. The van der Waals surface area contributed by atoms with E-state index in [2.05, 4.69) is 30.0 Å². The summed E-state index contributed by atoms with van der Waals surface area (Å²) in [5.41, 5.74) is 1.98. The van der Waals surface area contributed by atoms with Gasteiger partial charge in [-0.25, -0.2) is 0 Å². The maximum absolute atomic E-state index is 9.28. The molecule has 0 N–H and O–H groups in total. The van der Waals surface area contributed by atoms with Crippen LogP contribution < -0.4 is 4.90 Å². The summed E-state index contributed by atoms with van der Waals surface area (Å²) < 4.78 is 5.33. The lowest BCUT2D eigenvalue weighted by Gasteiger charge is -2.28. The molecule has 1 aliphatic heterocycles. The molecule has 0 amide bonds. The highest BCUT2D eigenvalue weighted by molar-refractivity contribution is 5.98. The first-order valence-electron chi connectivity index (χ1n) is 7.43. The van der Waals surface area contributed by atoms with Crippen LogP contribution in [0.15, 0.2) is 36.4 Å². The van der Waals surface area contributed by atoms with Crippen molar-refractivity contribution in [2.45, 2.75) is 19.4 Å². The summed E-state index contributed by atoms with van der Waals surface area (Å²) in [7, 11) is 1.77. The molecule has 1 unspecified atom stereocenters. The van der Waals surface area contributed by atoms with Crippen LogP contribution in [0, 0.1) is 17.2 Å². The van der Waals surface area contributed by atoms with Gasteiger partial charge in [0.15, 0.2) is 0 Å². The Kier molecular flexibility index (Phi) is 3.81. The molecule has 0 aliphatic carbocycles. The number of benzene rings is 2. The monoisotopic (exact) mass is 280 g/mol. The van der Waals surface area contributed by atoms with Crippen molar-refractivity contribution >= 4 is 16.5 Å². The lowest BCUT2D eigenvalue weighted by molar-refractivity contribution is 0.150. The normalized spacial score (nSPS) is 21.7. The third-order valence-corrected chi connectivity index (χ3v) is 4.63. The number of ether oxygens (including phenoxy) is 1. The molecule has 1 heterocycles. The fourth-order valence-electron chi connectivity index (χ4n) is 3.41. The first-order valence-corrected chi connectivity index (χ1v) is 7.43. The van der Waals surface area contributed by atoms with Gasteiger partial charge in [-0.15, -0.1) is 0 Å². The quantitative estimate of drug-likeness (QED) is 0.862. The fraction of sp³-hybridized carbons (Fsp3) is 0.389. The average Bonchev–Trinajstić information content (AvgIpc) is 2.88. The van der Waals surface area contributed by atoms with Crippen LogP contribution in [0.1, 0.15) is 18.9 Å². The van der Waals surface area contributed by atoms with Gasteiger partial charge < -0.3 is 9.64 Å². The lowest BCUT2D eigenvalue weighted by atomic mass is 10.0. The van der Waals surface area contributed by atoms with E-state index in [0.717, 1.165) is 30.5 Å². The molecule has 3 rings (SSSR count). The van der Waals surface area contributed by atoms with Gasteiger partial charge in [0.2, 0.25) is 0 Å². The number of hydrogen-bond acceptors (Lipinski definition) is 3. The molecule has 2 atom stereocenters. The number of anilines is 1. The van der Waals surface area contributed by atoms with Crippen molar-refractivity contribution in [2.24, 2.45) is 5.92 Å². The molecular formula is C18H20N2O. The number of hydrogen-bond donors (Lipinski definition) is 0. The van der Waals surface area contributed by atoms with Gasteiger partial charge in [0.05, 0.1) is 18.2 Å². The third-order valence-electron chi connectivity index (χ3n) is 4.63. The van der Waals surface area contributed by atoms with Crippen molar-refractivity contribution in [3.05, 3.63) is 42.0 Å². The Morgan fingerprint density at radius 3 is 2.71 bits per heavy atom. The molecule has 3 heteroatoms. The zero-order valence-electron chi connectivity index (χ0n) is 12.5. The van der Waals surface area contributed by atoms with Gasteiger partial charge in [0.1, 0.15) is 0 Å². The number of rotatable bonds is 3. The maximum atomic E-state index is 9.28. The molecule has 0 saturated carbocycles. The predicted octanol–water partition coefficient (Wildman–Crippen LogP) is 3.57. The second-order valence-corrected chi connectivity index (χ2v) is 5.73. The smallest absolute Gasteiger partial charge is 0.0998 e. The predicted molar refractivity (Wildman–Crippen MR) is 85.5 cm³/mol. The minimum absolute atomic E-state index is 0.460. The highest BCUT2D eigenvalue weighted by atomic mass is 16.5. The molecular weight excluding hydrogens is 260 g/mol. The molecule has 0 bridgehead atoms. The summed E-state index contributed by atoms with van der Waals surface area (Å²) >= 11 is 0. The molecule has 21 heavy (non-hydrogen) atoms. The first kappa shape index (κ1) is 13.9. The van der Waals surface area contributed by atoms with E-state index in [1.54, 1.807) is 7.11 Å². The number of nitrogens with zero attached hydrogens (tertiary/aromatic N) is 2. The van der Waals surface area contributed by atoms with E-state index >= 15 is 0 Å². The van der Waals surface area contributed by atoms with Gasteiger partial charge in [-0.2, -0.15) is 5.26 Å². The van der Waals surface area contributed by atoms with Crippen LogP contribution in [0.25, 0.3) is 10.8 Å². The molecule has 1 aliphatic rings. The summed E-state index contributed by atoms with van der Waals surface area (Å²) in [5.74, 6) is 0.574. The Balaban J connectivity index is 2.04. The molecule has 2 aromatic rings. The van der Waals surface area contributed by atoms with Gasteiger partial charge in [-0.3, -0.25) is 0 Å². The molecule has 1 saturated heterocycles. The van der Waals surface area contributed by atoms with E-state index < -0.39 is 0 Å². The largest absolute Gasteiger partial charge is 0.384 e. The molecule has 2 aromatic carbocycles. The van der Waals surface area contributed by atoms with Gasteiger partial charge in [-0.05, 0) is 25.5 Å². The molecule has 1 fully saturated rings. The number of nitriles is 1. The zero-order chi connectivity index (χ0) is 14.8. The van der Waals surface area contributed by atoms with Crippen molar-refractivity contribution < 1.29 is 4.74 Å². The van der Waals surface area contributed by atoms with Gasteiger partial charge in [-0.1, -0.05) is 24.3 Å². The Hall–Kier alpha value is -2.05. The second-order valence-electron chi connectivity index (χ2n) is 5.73. The van der Waals surface area contributed by atoms with Crippen LogP contribution in [0.5, 0.6) is 0 Å². The van der Waals surface area contributed by atoms with Gasteiger partial charge >= 0.3 is 0 Å². The average molecular weight is 280 g/mol. The van der Waals surface area contributed by atoms with Crippen LogP contribution >= 0.6 is 0 Å². The fourth-order valence-corrected chi connectivity index (χ4v) is 3.41. The van der Waals surface area contributed by atoms with E-state index in [4.69, 9.17) is 4.74 Å². The SMILES string of the molecule is COCC1CCN(c2ccc(C#N)c3ccccc23)[C@H]1C. The van der Waals surface area contributed by atoms with Crippen molar-refractivity contribution in [1.29, 1.82) is 5.26 Å². The summed E-state index contributed by atoms with van der Waals surface area (Å²) in [6.45, 7) is 4.13. The van der Waals surface area contributed by atoms with Gasteiger partial charge in [0.25, 0.3) is 0 Å². The van der Waals surface area contributed by atoms with Gasteiger partial charge in [0, 0.05) is 42.1 Å². The van der Waals surface area contributed by atoms with Crippen molar-refractivity contribution in [3.63, 3.8) is 0 Å². The van der Waals surface area contributed by atoms with Crippen LogP contribution in [-0.4, -0.2) is 26.3 Å². The summed E-state index contributed by atoms with van der Waals surface area (Å²) in [6.07, 6.45) is 1.16. The highest BCUT2D eigenvalue weighted by Crippen LogP contribution is 2.35. The van der Waals surface area contributed by atoms with Crippen LogP contribution in [0.4, 0.5) is 5.69 Å². The molecule has 108 valence electrons. The van der Waals surface area contributed by atoms with E-state index in [-0.39, 0.29) is 0 Å².